The van der Waals surface area contributed by atoms with Crippen LogP contribution in [0.15, 0.2) is 18.2 Å². The van der Waals surface area contributed by atoms with Gasteiger partial charge in [-0.2, -0.15) is 4.31 Å². The van der Waals surface area contributed by atoms with E-state index in [4.69, 9.17) is 0 Å². The standard InChI is InChI=1S/C16H25NO2S/c1-5-20(18,19)17-9-8-14-10-13(11-16(2,3)4)6-7-15(14)12-17/h6-7,10H,5,8-9,11-12H2,1-4H3. The molecule has 0 atom stereocenters. The van der Waals surface area contributed by atoms with Crippen molar-refractivity contribution < 1.29 is 8.42 Å². The molecule has 0 radical (unpaired) electrons. The lowest BCUT2D eigenvalue weighted by Crippen LogP contribution is -2.36. The Morgan fingerprint density at radius 2 is 1.90 bits per heavy atom. The molecule has 0 N–H and O–H groups in total. The average molecular weight is 295 g/mol. The summed E-state index contributed by atoms with van der Waals surface area (Å²) in [5.74, 6) is 0.185. The van der Waals surface area contributed by atoms with Crippen LogP contribution in [0.1, 0.15) is 44.4 Å². The van der Waals surface area contributed by atoms with Gasteiger partial charge in [-0.25, -0.2) is 8.42 Å². The minimum atomic E-state index is -3.07. The number of fused-ring (bicyclic) bond motifs is 1. The summed E-state index contributed by atoms with van der Waals surface area (Å²) in [6.07, 6.45) is 1.88. The molecule has 0 aliphatic carbocycles. The summed E-state index contributed by atoms with van der Waals surface area (Å²) in [5, 5.41) is 0. The zero-order chi connectivity index (χ0) is 15.0. The first-order valence-electron chi connectivity index (χ1n) is 7.30. The highest BCUT2D eigenvalue weighted by Gasteiger charge is 2.25. The summed E-state index contributed by atoms with van der Waals surface area (Å²) >= 11 is 0. The predicted molar refractivity (Wildman–Crippen MR) is 83.2 cm³/mol. The van der Waals surface area contributed by atoms with E-state index in [1.807, 2.05) is 0 Å². The molecule has 0 bridgehead atoms. The van der Waals surface area contributed by atoms with E-state index in [2.05, 4.69) is 39.0 Å². The molecule has 0 fully saturated rings. The maximum atomic E-state index is 11.9. The van der Waals surface area contributed by atoms with Gasteiger partial charge in [0.05, 0.1) is 5.75 Å². The fourth-order valence-electron chi connectivity index (χ4n) is 2.72. The highest BCUT2D eigenvalue weighted by molar-refractivity contribution is 7.89. The van der Waals surface area contributed by atoms with Crippen LogP contribution in [0.25, 0.3) is 0 Å². The van der Waals surface area contributed by atoms with Gasteiger partial charge in [-0.3, -0.25) is 0 Å². The van der Waals surface area contributed by atoms with Gasteiger partial charge in [-0.1, -0.05) is 39.0 Å². The second kappa shape index (κ2) is 5.49. The first-order valence-corrected chi connectivity index (χ1v) is 8.91. The molecule has 4 heteroatoms. The van der Waals surface area contributed by atoms with Crippen LogP contribution in [-0.4, -0.2) is 25.0 Å². The van der Waals surface area contributed by atoms with E-state index in [0.29, 0.717) is 13.1 Å². The van der Waals surface area contributed by atoms with E-state index in [1.165, 1.54) is 11.1 Å². The van der Waals surface area contributed by atoms with Crippen molar-refractivity contribution in [3.63, 3.8) is 0 Å². The molecule has 0 saturated heterocycles. The molecule has 20 heavy (non-hydrogen) atoms. The van der Waals surface area contributed by atoms with Gasteiger partial charge in [-0.15, -0.1) is 0 Å². The Labute approximate surface area is 123 Å². The molecule has 0 saturated carbocycles. The lowest BCUT2D eigenvalue weighted by molar-refractivity contribution is 0.390. The summed E-state index contributed by atoms with van der Waals surface area (Å²) in [7, 11) is -3.07. The highest BCUT2D eigenvalue weighted by Crippen LogP contribution is 2.26. The van der Waals surface area contributed by atoms with Gasteiger partial charge in [-0.05, 0) is 41.9 Å². The van der Waals surface area contributed by atoms with Gasteiger partial charge < -0.3 is 0 Å². The quantitative estimate of drug-likeness (QED) is 0.859. The first-order chi connectivity index (χ1) is 9.21. The van der Waals surface area contributed by atoms with Gasteiger partial charge in [0, 0.05) is 13.1 Å². The second-order valence-electron chi connectivity index (χ2n) is 6.82. The van der Waals surface area contributed by atoms with Crippen molar-refractivity contribution in [3.05, 3.63) is 34.9 Å². The molecule has 0 amide bonds. The van der Waals surface area contributed by atoms with Crippen LogP contribution in [-0.2, 0) is 29.4 Å². The molecule has 112 valence electrons. The number of nitrogens with zero attached hydrogens (tertiary/aromatic N) is 1. The summed E-state index contributed by atoms with van der Waals surface area (Å²) in [6, 6.07) is 6.51. The Kier molecular flexibility index (Phi) is 4.26. The van der Waals surface area contributed by atoms with Crippen molar-refractivity contribution in [2.45, 2.75) is 47.1 Å². The third-order valence-electron chi connectivity index (χ3n) is 3.74. The van der Waals surface area contributed by atoms with Crippen molar-refractivity contribution in [2.75, 3.05) is 12.3 Å². The van der Waals surface area contributed by atoms with E-state index in [-0.39, 0.29) is 11.2 Å². The SMILES string of the molecule is CCS(=O)(=O)N1CCc2cc(CC(C)(C)C)ccc2C1. The van der Waals surface area contributed by atoms with Crippen LogP contribution >= 0.6 is 0 Å². The minimum absolute atomic E-state index is 0.185. The Hall–Kier alpha value is -0.870. The molecule has 0 spiro atoms. The number of hydrogen-bond acceptors (Lipinski definition) is 2. The molecule has 0 unspecified atom stereocenters. The Morgan fingerprint density at radius 1 is 1.20 bits per heavy atom. The maximum absolute atomic E-state index is 11.9. The molecule has 2 rings (SSSR count). The van der Waals surface area contributed by atoms with E-state index in [1.54, 1.807) is 11.2 Å². The fourth-order valence-corrected chi connectivity index (χ4v) is 3.79. The van der Waals surface area contributed by atoms with Gasteiger partial charge in [0.25, 0.3) is 0 Å². The molecule has 1 aromatic carbocycles. The number of hydrogen-bond donors (Lipinski definition) is 0. The Morgan fingerprint density at radius 3 is 2.50 bits per heavy atom. The van der Waals surface area contributed by atoms with E-state index < -0.39 is 10.0 Å². The summed E-state index contributed by atoms with van der Waals surface area (Å²) in [6.45, 7) is 9.56. The van der Waals surface area contributed by atoms with Crippen molar-refractivity contribution in [3.8, 4) is 0 Å². The molecule has 1 aromatic rings. The van der Waals surface area contributed by atoms with E-state index >= 15 is 0 Å². The van der Waals surface area contributed by atoms with Crippen molar-refractivity contribution >= 4 is 10.0 Å². The van der Waals surface area contributed by atoms with Gasteiger partial charge >= 0.3 is 0 Å². The summed E-state index contributed by atoms with van der Waals surface area (Å²) < 4.78 is 25.5. The zero-order valence-electron chi connectivity index (χ0n) is 12.9. The normalized spacial score (nSPS) is 17.0. The lowest BCUT2D eigenvalue weighted by Gasteiger charge is -2.28. The third kappa shape index (κ3) is 3.61. The molecule has 1 aliphatic rings. The third-order valence-corrected chi connectivity index (χ3v) is 5.57. The number of rotatable bonds is 3. The van der Waals surface area contributed by atoms with Crippen LogP contribution < -0.4 is 0 Å². The van der Waals surface area contributed by atoms with Gasteiger partial charge in [0.15, 0.2) is 0 Å². The van der Waals surface area contributed by atoms with Crippen LogP contribution in [0.3, 0.4) is 0 Å². The van der Waals surface area contributed by atoms with Crippen LogP contribution in [0.2, 0.25) is 0 Å². The van der Waals surface area contributed by atoms with Crippen LogP contribution in [0.4, 0.5) is 0 Å². The maximum Gasteiger partial charge on any atom is 0.214 e. The Bertz CT molecular complexity index is 585. The van der Waals surface area contributed by atoms with Crippen molar-refractivity contribution in [2.24, 2.45) is 5.41 Å². The van der Waals surface area contributed by atoms with Gasteiger partial charge in [0.1, 0.15) is 0 Å². The molecule has 1 aliphatic heterocycles. The molecule has 1 heterocycles. The van der Waals surface area contributed by atoms with Crippen LogP contribution in [0, 0.1) is 5.41 Å². The molecular formula is C16H25NO2S. The Balaban J connectivity index is 2.20. The second-order valence-corrected chi connectivity index (χ2v) is 9.08. The van der Waals surface area contributed by atoms with E-state index in [0.717, 1.165) is 18.4 Å². The number of benzene rings is 1. The largest absolute Gasteiger partial charge is 0.214 e. The molecule has 3 nitrogen and oxygen atoms in total. The molecular weight excluding hydrogens is 270 g/mol. The minimum Gasteiger partial charge on any atom is -0.212 e. The monoisotopic (exact) mass is 295 g/mol. The summed E-state index contributed by atoms with van der Waals surface area (Å²) in [4.78, 5) is 0. The summed E-state index contributed by atoms with van der Waals surface area (Å²) in [5.41, 5.74) is 4.10. The lowest BCUT2D eigenvalue weighted by atomic mass is 9.86. The smallest absolute Gasteiger partial charge is 0.212 e. The average Bonchev–Trinajstić information content (AvgIpc) is 2.36. The van der Waals surface area contributed by atoms with Crippen LogP contribution in [0.5, 0.6) is 0 Å². The zero-order valence-corrected chi connectivity index (χ0v) is 13.8. The highest BCUT2D eigenvalue weighted by atomic mass is 32.2. The molecule has 0 aromatic heterocycles. The van der Waals surface area contributed by atoms with Gasteiger partial charge in [0.2, 0.25) is 10.0 Å². The van der Waals surface area contributed by atoms with Crippen molar-refractivity contribution in [1.29, 1.82) is 0 Å². The number of sulfonamides is 1. The van der Waals surface area contributed by atoms with E-state index in [9.17, 15) is 8.42 Å². The topological polar surface area (TPSA) is 37.4 Å². The fraction of sp³-hybridized carbons (Fsp3) is 0.625. The predicted octanol–water partition coefficient (Wildman–Crippen LogP) is 2.98. The van der Waals surface area contributed by atoms with Crippen molar-refractivity contribution in [1.82, 2.24) is 4.31 Å². The first kappa shape index (κ1) is 15.5.